The third kappa shape index (κ3) is 4.37. The molecule has 3 nitrogen and oxygen atoms in total. The summed E-state index contributed by atoms with van der Waals surface area (Å²) in [4.78, 5) is 12.4. The van der Waals surface area contributed by atoms with E-state index in [0.717, 1.165) is 11.3 Å². The Morgan fingerprint density at radius 3 is 2.79 bits per heavy atom. The lowest BCUT2D eigenvalue weighted by atomic mass is 10.2. The monoisotopic (exact) mass is 213 g/mol. The molecule has 0 atom stereocenters. The first-order valence-corrected chi connectivity index (χ1v) is 5.36. The lowest BCUT2D eigenvalue weighted by Crippen LogP contribution is -2.23. The first-order valence-electron chi connectivity index (χ1n) is 4.59. The summed E-state index contributed by atoms with van der Waals surface area (Å²) in [5.41, 5.74) is -0.384. The Morgan fingerprint density at radius 2 is 2.29 bits per heavy atom. The van der Waals surface area contributed by atoms with Crippen molar-refractivity contribution in [1.82, 2.24) is 4.37 Å². The zero-order valence-electron chi connectivity index (χ0n) is 8.74. The Balaban J connectivity index is 2.29. The third-order valence-electron chi connectivity index (χ3n) is 1.49. The van der Waals surface area contributed by atoms with Crippen LogP contribution in [0.25, 0.3) is 0 Å². The predicted molar refractivity (Wildman–Crippen MR) is 56.3 cm³/mol. The topological polar surface area (TPSA) is 39.2 Å². The van der Waals surface area contributed by atoms with Crippen LogP contribution in [-0.4, -0.2) is 15.9 Å². The number of carbonyl (C=O) groups excluding carboxylic acids is 1. The summed E-state index contributed by atoms with van der Waals surface area (Å²) in [5, 5.41) is 0. The van der Waals surface area contributed by atoms with Crippen LogP contribution < -0.4 is 0 Å². The summed E-state index contributed by atoms with van der Waals surface area (Å²) in [6, 6.07) is 1.93. The first kappa shape index (κ1) is 11.2. The molecule has 0 bridgehead atoms. The van der Waals surface area contributed by atoms with Gasteiger partial charge in [-0.2, -0.15) is 0 Å². The molecule has 1 heterocycles. The molecule has 0 saturated carbocycles. The highest BCUT2D eigenvalue weighted by atomic mass is 32.1. The van der Waals surface area contributed by atoms with Crippen LogP contribution in [0.15, 0.2) is 12.3 Å². The number of aromatic nitrogens is 1. The van der Waals surface area contributed by atoms with Gasteiger partial charge in [0.05, 0.1) is 6.42 Å². The van der Waals surface area contributed by atoms with Crippen LogP contribution in [0.4, 0.5) is 0 Å². The second kappa shape index (κ2) is 4.55. The van der Waals surface area contributed by atoms with Crippen molar-refractivity contribution in [1.29, 1.82) is 0 Å². The molecule has 0 aromatic carbocycles. The minimum Gasteiger partial charge on any atom is -0.460 e. The molecule has 14 heavy (non-hydrogen) atoms. The zero-order chi connectivity index (χ0) is 10.6. The average molecular weight is 213 g/mol. The summed E-state index contributed by atoms with van der Waals surface area (Å²) in [6.07, 6.45) is 2.90. The largest absolute Gasteiger partial charge is 0.460 e. The number of hydrogen-bond donors (Lipinski definition) is 0. The average Bonchev–Trinajstić information content (AvgIpc) is 2.49. The molecule has 0 amide bonds. The Morgan fingerprint density at radius 1 is 1.57 bits per heavy atom. The number of nitrogens with zero attached hydrogens (tertiary/aromatic N) is 1. The Kier molecular flexibility index (Phi) is 3.63. The molecule has 0 aliphatic carbocycles. The van der Waals surface area contributed by atoms with E-state index in [1.807, 2.05) is 26.8 Å². The summed E-state index contributed by atoms with van der Waals surface area (Å²) < 4.78 is 9.15. The highest BCUT2D eigenvalue weighted by Crippen LogP contribution is 2.12. The second-order valence-corrected chi connectivity index (χ2v) is 4.98. The van der Waals surface area contributed by atoms with Gasteiger partial charge in [-0.3, -0.25) is 4.79 Å². The van der Waals surface area contributed by atoms with Gasteiger partial charge in [0, 0.05) is 11.1 Å². The molecule has 4 heteroatoms. The van der Waals surface area contributed by atoms with Crippen molar-refractivity contribution in [3.63, 3.8) is 0 Å². The second-order valence-electron chi connectivity index (χ2n) is 4.07. The zero-order valence-corrected chi connectivity index (χ0v) is 9.56. The van der Waals surface area contributed by atoms with Crippen LogP contribution in [0.3, 0.4) is 0 Å². The van der Waals surface area contributed by atoms with Crippen molar-refractivity contribution in [3.8, 4) is 0 Å². The standard InChI is InChI=1S/C10H15NO2S/c1-10(2,3)13-9(12)5-4-8-6-7-11-14-8/h6-7H,4-5H2,1-3H3. The fraction of sp³-hybridized carbons (Fsp3) is 0.600. The third-order valence-corrected chi connectivity index (χ3v) is 2.29. The Hall–Kier alpha value is -0.900. The summed E-state index contributed by atoms with van der Waals surface area (Å²) >= 11 is 1.43. The van der Waals surface area contributed by atoms with Gasteiger partial charge >= 0.3 is 5.97 Å². The van der Waals surface area contributed by atoms with E-state index in [1.54, 1.807) is 6.20 Å². The molecule has 0 saturated heterocycles. The SMILES string of the molecule is CC(C)(C)OC(=O)CCc1ccns1. The smallest absolute Gasteiger partial charge is 0.306 e. The maximum atomic E-state index is 11.3. The maximum Gasteiger partial charge on any atom is 0.306 e. The van der Waals surface area contributed by atoms with Gasteiger partial charge in [-0.05, 0) is 44.8 Å². The summed E-state index contributed by atoms with van der Waals surface area (Å²) in [7, 11) is 0. The molecule has 0 radical (unpaired) electrons. The van der Waals surface area contributed by atoms with E-state index in [4.69, 9.17) is 4.74 Å². The molecule has 0 unspecified atom stereocenters. The van der Waals surface area contributed by atoms with Gasteiger partial charge in [0.15, 0.2) is 0 Å². The van der Waals surface area contributed by atoms with Gasteiger partial charge in [-0.25, -0.2) is 4.37 Å². The number of ether oxygens (including phenoxy) is 1. The number of aryl methyl sites for hydroxylation is 1. The summed E-state index contributed by atoms with van der Waals surface area (Å²) in [5.74, 6) is -0.147. The van der Waals surface area contributed by atoms with Crippen molar-refractivity contribution in [2.24, 2.45) is 0 Å². The highest BCUT2D eigenvalue weighted by molar-refractivity contribution is 7.05. The highest BCUT2D eigenvalue weighted by Gasteiger charge is 2.15. The van der Waals surface area contributed by atoms with Crippen molar-refractivity contribution >= 4 is 17.5 Å². The minimum atomic E-state index is -0.384. The van der Waals surface area contributed by atoms with Crippen LogP contribution in [0, 0.1) is 0 Å². The molecule has 0 aliphatic heterocycles. The van der Waals surface area contributed by atoms with Crippen molar-refractivity contribution in [2.75, 3.05) is 0 Å². The molecular weight excluding hydrogens is 198 g/mol. The van der Waals surface area contributed by atoms with Gasteiger partial charge in [0.25, 0.3) is 0 Å². The van der Waals surface area contributed by atoms with Gasteiger partial charge < -0.3 is 4.74 Å². The molecule has 0 spiro atoms. The van der Waals surface area contributed by atoms with Crippen LogP contribution in [0.5, 0.6) is 0 Å². The van der Waals surface area contributed by atoms with Gasteiger partial charge in [-0.1, -0.05) is 0 Å². The maximum absolute atomic E-state index is 11.3. The number of esters is 1. The first-order chi connectivity index (χ1) is 6.47. The fourth-order valence-electron chi connectivity index (χ4n) is 0.989. The molecule has 1 rings (SSSR count). The number of hydrogen-bond acceptors (Lipinski definition) is 4. The molecule has 1 aromatic heterocycles. The van der Waals surface area contributed by atoms with E-state index in [0.29, 0.717) is 6.42 Å². The predicted octanol–water partition coefficient (Wildman–Crippen LogP) is 2.42. The molecule has 0 N–H and O–H groups in total. The van der Waals surface area contributed by atoms with Crippen LogP contribution >= 0.6 is 11.5 Å². The fourth-order valence-corrected chi connectivity index (χ4v) is 1.56. The Labute approximate surface area is 88.3 Å². The Bertz CT molecular complexity index is 288. The van der Waals surface area contributed by atoms with Crippen LogP contribution in [0.2, 0.25) is 0 Å². The lowest BCUT2D eigenvalue weighted by molar-refractivity contribution is -0.154. The van der Waals surface area contributed by atoms with E-state index in [9.17, 15) is 4.79 Å². The molecule has 0 fully saturated rings. The minimum absolute atomic E-state index is 0.147. The van der Waals surface area contributed by atoms with Gasteiger partial charge in [0.1, 0.15) is 5.60 Å². The number of carbonyl (C=O) groups is 1. The molecular formula is C10H15NO2S. The van der Waals surface area contributed by atoms with Crippen LogP contribution in [-0.2, 0) is 16.0 Å². The lowest BCUT2D eigenvalue weighted by Gasteiger charge is -2.19. The van der Waals surface area contributed by atoms with Crippen LogP contribution in [0.1, 0.15) is 32.1 Å². The van der Waals surface area contributed by atoms with Gasteiger partial charge in [-0.15, -0.1) is 0 Å². The van der Waals surface area contributed by atoms with E-state index >= 15 is 0 Å². The van der Waals surface area contributed by atoms with Crippen molar-refractivity contribution in [3.05, 3.63) is 17.1 Å². The number of rotatable bonds is 3. The van der Waals surface area contributed by atoms with E-state index in [1.165, 1.54) is 11.5 Å². The summed E-state index contributed by atoms with van der Waals surface area (Å²) in [6.45, 7) is 5.62. The quantitative estimate of drug-likeness (QED) is 0.724. The molecule has 1 aromatic rings. The van der Waals surface area contributed by atoms with Crippen molar-refractivity contribution < 1.29 is 9.53 Å². The van der Waals surface area contributed by atoms with Gasteiger partial charge in [0.2, 0.25) is 0 Å². The normalized spacial score (nSPS) is 11.4. The van der Waals surface area contributed by atoms with E-state index in [-0.39, 0.29) is 11.6 Å². The van der Waals surface area contributed by atoms with E-state index < -0.39 is 0 Å². The molecule has 78 valence electrons. The molecule has 0 aliphatic rings. The van der Waals surface area contributed by atoms with Crippen molar-refractivity contribution in [2.45, 2.75) is 39.2 Å². The van der Waals surface area contributed by atoms with E-state index in [2.05, 4.69) is 4.37 Å².